The van der Waals surface area contributed by atoms with Gasteiger partial charge in [-0.05, 0) is 24.8 Å². The molecule has 3 heteroatoms. The van der Waals surface area contributed by atoms with Gasteiger partial charge in [-0.15, -0.1) is 0 Å². The van der Waals surface area contributed by atoms with Crippen LogP contribution in [0, 0.1) is 0 Å². The molecule has 0 radical (unpaired) electrons. The van der Waals surface area contributed by atoms with E-state index in [1.807, 2.05) is 24.4 Å². The minimum atomic E-state index is 0.202. The molecule has 0 spiro atoms. The Labute approximate surface area is 108 Å². The first kappa shape index (κ1) is 12.6. The molecule has 94 valence electrons. The summed E-state index contributed by atoms with van der Waals surface area (Å²) in [4.78, 5) is 7.08. The molecule has 1 atom stereocenters. The molecule has 1 aromatic carbocycles. The van der Waals surface area contributed by atoms with E-state index in [4.69, 9.17) is 5.73 Å². The standard InChI is InChI=1S/C15H19N3/c16-14(9-10-15-11-17-12-18-15)8-4-7-13-5-2-1-3-6-13/h1-7,11-12,14H,8-10,16H2,(H,17,18)/b7-4+/t14-/m0/s1. The lowest BCUT2D eigenvalue weighted by Crippen LogP contribution is -2.19. The molecular formula is C15H19N3. The summed E-state index contributed by atoms with van der Waals surface area (Å²) in [6.45, 7) is 0. The molecule has 3 N–H and O–H groups in total. The average molecular weight is 241 g/mol. The van der Waals surface area contributed by atoms with Gasteiger partial charge in [0.25, 0.3) is 0 Å². The summed E-state index contributed by atoms with van der Waals surface area (Å²) in [7, 11) is 0. The summed E-state index contributed by atoms with van der Waals surface area (Å²) in [6, 6.07) is 10.5. The van der Waals surface area contributed by atoms with E-state index in [9.17, 15) is 0 Å². The maximum atomic E-state index is 6.07. The van der Waals surface area contributed by atoms with Crippen LogP contribution >= 0.6 is 0 Å². The third-order valence-corrected chi connectivity index (χ3v) is 2.89. The fourth-order valence-corrected chi connectivity index (χ4v) is 1.82. The van der Waals surface area contributed by atoms with Crippen molar-refractivity contribution in [1.29, 1.82) is 0 Å². The van der Waals surface area contributed by atoms with Gasteiger partial charge in [0.05, 0.1) is 6.33 Å². The van der Waals surface area contributed by atoms with Crippen LogP contribution in [0.15, 0.2) is 48.9 Å². The van der Waals surface area contributed by atoms with Crippen molar-refractivity contribution in [1.82, 2.24) is 9.97 Å². The van der Waals surface area contributed by atoms with Gasteiger partial charge in [0.15, 0.2) is 0 Å². The van der Waals surface area contributed by atoms with Crippen molar-refractivity contribution in [2.45, 2.75) is 25.3 Å². The number of aromatic nitrogens is 2. The van der Waals surface area contributed by atoms with E-state index in [-0.39, 0.29) is 6.04 Å². The molecule has 0 aliphatic rings. The van der Waals surface area contributed by atoms with Crippen LogP contribution in [0.1, 0.15) is 24.1 Å². The smallest absolute Gasteiger partial charge is 0.0921 e. The Hall–Kier alpha value is -1.87. The molecule has 0 aliphatic carbocycles. The Kier molecular flexibility index (Phi) is 4.73. The third kappa shape index (κ3) is 4.18. The first-order chi connectivity index (χ1) is 8.84. The number of imidazole rings is 1. The zero-order chi connectivity index (χ0) is 12.6. The van der Waals surface area contributed by atoms with E-state index in [0.29, 0.717) is 0 Å². The summed E-state index contributed by atoms with van der Waals surface area (Å²) in [5, 5.41) is 0. The van der Waals surface area contributed by atoms with Crippen molar-refractivity contribution in [3.63, 3.8) is 0 Å². The number of aryl methyl sites for hydroxylation is 1. The summed E-state index contributed by atoms with van der Waals surface area (Å²) in [5.74, 6) is 0. The van der Waals surface area contributed by atoms with Gasteiger partial charge in [0.1, 0.15) is 0 Å². The second-order valence-electron chi connectivity index (χ2n) is 4.42. The van der Waals surface area contributed by atoms with Crippen LogP contribution in [-0.2, 0) is 6.42 Å². The predicted octanol–water partition coefficient (Wildman–Crippen LogP) is 2.77. The predicted molar refractivity (Wildman–Crippen MR) is 75.0 cm³/mol. The fourth-order valence-electron chi connectivity index (χ4n) is 1.82. The number of nitrogens with two attached hydrogens (primary N) is 1. The first-order valence-corrected chi connectivity index (χ1v) is 6.29. The van der Waals surface area contributed by atoms with Crippen LogP contribution in [0.5, 0.6) is 0 Å². The number of rotatable bonds is 6. The molecule has 1 aromatic heterocycles. The highest BCUT2D eigenvalue weighted by Gasteiger charge is 2.01. The minimum Gasteiger partial charge on any atom is -0.348 e. The molecule has 0 fully saturated rings. The van der Waals surface area contributed by atoms with Crippen LogP contribution in [0.2, 0.25) is 0 Å². The van der Waals surface area contributed by atoms with Gasteiger partial charge in [-0.3, -0.25) is 0 Å². The van der Waals surface area contributed by atoms with Crippen LogP contribution in [0.4, 0.5) is 0 Å². The summed E-state index contributed by atoms with van der Waals surface area (Å²) in [6.07, 6.45) is 10.7. The van der Waals surface area contributed by atoms with Crippen LogP contribution in [0.3, 0.4) is 0 Å². The molecule has 3 nitrogen and oxygen atoms in total. The van der Waals surface area contributed by atoms with E-state index < -0.39 is 0 Å². The zero-order valence-corrected chi connectivity index (χ0v) is 10.4. The fraction of sp³-hybridized carbons (Fsp3) is 0.267. The second-order valence-corrected chi connectivity index (χ2v) is 4.42. The van der Waals surface area contributed by atoms with E-state index in [1.165, 1.54) is 5.56 Å². The monoisotopic (exact) mass is 241 g/mol. The van der Waals surface area contributed by atoms with E-state index in [2.05, 4.69) is 34.3 Å². The average Bonchev–Trinajstić information content (AvgIpc) is 2.91. The molecule has 18 heavy (non-hydrogen) atoms. The Bertz CT molecular complexity index is 460. The lowest BCUT2D eigenvalue weighted by molar-refractivity contribution is 0.617. The lowest BCUT2D eigenvalue weighted by atomic mass is 10.1. The Morgan fingerprint density at radius 2 is 2.11 bits per heavy atom. The van der Waals surface area contributed by atoms with Crippen molar-refractivity contribution in [2.75, 3.05) is 0 Å². The number of nitrogens with zero attached hydrogens (tertiary/aromatic N) is 1. The number of hydrogen-bond donors (Lipinski definition) is 2. The highest BCUT2D eigenvalue weighted by atomic mass is 14.9. The van der Waals surface area contributed by atoms with Gasteiger partial charge in [0, 0.05) is 17.9 Å². The van der Waals surface area contributed by atoms with Gasteiger partial charge < -0.3 is 10.7 Å². The summed E-state index contributed by atoms with van der Waals surface area (Å²) >= 11 is 0. The summed E-state index contributed by atoms with van der Waals surface area (Å²) < 4.78 is 0. The lowest BCUT2D eigenvalue weighted by Gasteiger charge is -2.07. The van der Waals surface area contributed by atoms with Crippen molar-refractivity contribution in [2.24, 2.45) is 5.73 Å². The molecule has 0 aliphatic heterocycles. The van der Waals surface area contributed by atoms with Gasteiger partial charge in [-0.1, -0.05) is 42.5 Å². The first-order valence-electron chi connectivity index (χ1n) is 6.29. The molecule has 2 aromatic rings. The number of hydrogen-bond acceptors (Lipinski definition) is 2. The normalized spacial score (nSPS) is 12.9. The van der Waals surface area contributed by atoms with Crippen molar-refractivity contribution in [3.05, 3.63) is 60.2 Å². The van der Waals surface area contributed by atoms with Crippen LogP contribution in [0.25, 0.3) is 6.08 Å². The van der Waals surface area contributed by atoms with E-state index in [1.54, 1.807) is 6.33 Å². The molecule has 2 rings (SSSR count). The van der Waals surface area contributed by atoms with Gasteiger partial charge >= 0.3 is 0 Å². The van der Waals surface area contributed by atoms with Gasteiger partial charge in [0.2, 0.25) is 0 Å². The Balaban J connectivity index is 1.71. The van der Waals surface area contributed by atoms with Crippen molar-refractivity contribution >= 4 is 6.08 Å². The number of aromatic amines is 1. The zero-order valence-electron chi connectivity index (χ0n) is 10.4. The number of benzene rings is 1. The molecule has 0 saturated carbocycles. The molecule has 0 unspecified atom stereocenters. The number of H-pyrrole nitrogens is 1. The SMILES string of the molecule is N[C@@H](C/C=C/c1ccccc1)CCc1cnc[nH]1. The van der Waals surface area contributed by atoms with Crippen molar-refractivity contribution < 1.29 is 0 Å². The van der Waals surface area contributed by atoms with E-state index >= 15 is 0 Å². The quantitative estimate of drug-likeness (QED) is 0.817. The maximum Gasteiger partial charge on any atom is 0.0921 e. The second kappa shape index (κ2) is 6.77. The topological polar surface area (TPSA) is 54.7 Å². The van der Waals surface area contributed by atoms with E-state index in [0.717, 1.165) is 25.0 Å². The molecule has 1 heterocycles. The molecule has 0 amide bonds. The minimum absolute atomic E-state index is 0.202. The maximum absolute atomic E-state index is 6.07. The molecular weight excluding hydrogens is 222 g/mol. The highest BCUT2D eigenvalue weighted by Crippen LogP contribution is 2.06. The van der Waals surface area contributed by atoms with Crippen molar-refractivity contribution in [3.8, 4) is 0 Å². The van der Waals surface area contributed by atoms with Gasteiger partial charge in [-0.25, -0.2) is 4.98 Å². The van der Waals surface area contributed by atoms with Crippen LogP contribution < -0.4 is 5.73 Å². The third-order valence-electron chi connectivity index (χ3n) is 2.89. The van der Waals surface area contributed by atoms with Crippen LogP contribution in [-0.4, -0.2) is 16.0 Å². The molecule has 0 saturated heterocycles. The van der Waals surface area contributed by atoms with Gasteiger partial charge in [-0.2, -0.15) is 0 Å². The summed E-state index contributed by atoms with van der Waals surface area (Å²) in [5.41, 5.74) is 8.44. The Morgan fingerprint density at radius 3 is 2.83 bits per heavy atom. The Morgan fingerprint density at radius 1 is 1.28 bits per heavy atom. The highest BCUT2D eigenvalue weighted by molar-refractivity contribution is 5.48. The number of nitrogens with one attached hydrogen (secondary N) is 1. The molecule has 0 bridgehead atoms. The largest absolute Gasteiger partial charge is 0.348 e.